The number of piperidine rings is 1. The van der Waals surface area contributed by atoms with Crippen molar-refractivity contribution in [3.8, 4) is 17.3 Å². The Labute approximate surface area is 148 Å². The Morgan fingerprint density at radius 3 is 2.72 bits per heavy atom. The van der Waals surface area contributed by atoms with E-state index in [0.717, 1.165) is 31.7 Å². The van der Waals surface area contributed by atoms with E-state index >= 15 is 0 Å². The first kappa shape index (κ1) is 16.5. The SMILES string of the molecule is CC(C)(C)c1nc(-c2cc(OC3CCCNC3)c(C3CC3)cn2)no1. The molecule has 1 aliphatic carbocycles. The van der Waals surface area contributed by atoms with Gasteiger partial charge in [0.1, 0.15) is 17.5 Å². The van der Waals surface area contributed by atoms with Crippen LogP contribution in [-0.2, 0) is 5.41 Å². The third-order valence-electron chi connectivity index (χ3n) is 4.75. The highest BCUT2D eigenvalue weighted by Gasteiger charge is 2.30. The molecule has 1 N–H and O–H groups in total. The molecule has 25 heavy (non-hydrogen) atoms. The summed E-state index contributed by atoms with van der Waals surface area (Å²) in [5.74, 6) is 2.67. The average Bonchev–Trinajstić information content (AvgIpc) is 3.30. The van der Waals surface area contributed by atoms with Gasteiger partial charge in [0.05, 0.1) is 0 Å². The number of rotatable bonds is 4. The molecule has 4 rings (SSSR count). The Morgan fingerprint density at radius 2 is 2.08 bits per heavy atom. The second kappa shape index (κ2) is 6.41. The smallest absolute Gasteiger partial charge is 0.232 e. The first-order valence-corrected chi connectivity index (χ1v) is 9.22. The summed E-state index contributed by atoms with van der Waals surface area (Å²) in [6.45, 7) is 8.14. The number of pyridine rings is 1. The van der Waals surface area contributed by atoms with Crippen LogP contribution in [-0.4, -0.2) is 34.3 Å². The van der Waals surface area contributed by atoms with Crippen molar-refractivity contribution in [3.63, 3.8) is 0 Å². The molecule has 1 aliphatic heterocycles. The van der Waals surface area contributed by atoms with Crippen LogP contribution in [0.5, 0.6) is 5.75 Å². The zero-order valence-electron chi connectivity index (χ0n) is 15.2. The molecule has 0 spiro atoms. The van der Waals surface area contributed by atoms with Gasteiger partial charge < -0.3 is 14.6 Å². The average molecular weight is 342 g/mol. The molecule has 0 amide bonds. The first-order valence-electron chi connectivity index (χ1n) is 9.22. The quantitative estimate of drug-likeness (QED) is 0.917. The second-order valence-corrected chi connectivity index (χ2v) is 8.14. The predicted octanol–water partition coefficient (Wildman–Crippen LogP) is 3.44. The van der Waals surface area contributed by atoms with Gasteiger partial charge in [-0.25, -0.2) is 0 Å². The highest BCUT2D eigenvalue weighted by molar-refractivity contribution is 5.54. The van der Waals surface area contributed by atoms with Crippen molar-refractivity contribution in [1.82, 2.24) is 20.4 Å². The molecule has 134 valence electrons. The van der Waals surface area contributed by atoms with Crippen LogP contribution >= 0.6 is 0 Å². The van der Waals surface area contributed by atoms with Crippen LogP contribution in [0.1, 0.15) is 63.8 Å². The van der Waals surface area contributed by atoms with Crippen LogP contribution in [0.2, 0.25) is 0 Å². The van der Waals surface area contributed by atoms with Crippen molar-refractivity contribution >= 4 is 0 Å². The highest BCUT2D eigenvalue weighted by Crippen LogP contribution is 2.45. The minimum atomic E-state index is -0.174. The van der Waals surface area contributed by atoms with E-state index in [1.807, 2.05) is 12.3 Å². The molecule has 3 heterocycles. The highest BCUT2D eigenvalue weighted by atomic mass is 16.5. The first-order chi connectivity index (χ1) is 12.0. The number of ether oxygens (including phenoxy) is 1. The fraction of sp³-hybridized carbons (Fsp3) is 0.632. The molecular formula is C19H26N4O2. The van der Waals surface area contributed by atoms with Gasteiger partial charge in [0, 0.05) is 29.8 Å². The van der Waals surface area contributed by atoms with E-state index in [-0.39, 0.29) is 11.5 Å². The summed E-state index contributed by atoms with van der Waals surface area (Å²) in [5.41, 5.74) is 1.75. The third kappa shape index (κ3) is 3.68. The lowest BCUT2D eigenvalue weighted by atomic mass is 9.97. The van der Waals surface area contributed by atoms with Gasteiger partial charge in [-0.3, -0.25) is 4.98 Å². The molecule has 2 aromatic rings. The minimum Gasteiger partial charge on any atom is -0.489 e. The van der Waals surface area contributed by atoms with E-state index in [1.165, 1.54) is 18.4 Å². The summed E-state index contributed by atoms with van der Waals surface area (Å²) in [6, 6.07) is 1.99. The number of aromatic nitrogens is 3. The predicted molar refractivity (Wildman–Crippen MR) is 94.7 cm³/mol. The van der Waals surface area contributed by atoms with Crippen molar-refractivity contribution in [2.75, 3.05) is 13.1 Å². The summed E-state index contributed by atoms with van der Waals surface area (Å²) in [4.78, 5) is 9.10. The zero-order valence-corrected chi connectivity index (χ0v) is 15.2. The Bertz CT molecular complexity index is 740. The maximum absolute atomic E-state index is 6.34. The molecule has 0 aromatic carbocycles. The number of hydrogen-bond donors (Lipinski definition) is 1. The van der Waals surface area contributed by atoms with Crippen LogP contribution in [0.15, 0.2) is 16.8 Å². The molecule has 2 aromatic heterocycles. The zero-order chi connectivity index (χ0) is 17.4. The molecule has 1 saturated carbocycles. The molecule has 6 nitrogen and oxygen atoms in total. The van der Waals surface area contributed by atoms with Gasteiger partial charge in [-0.2, -0.15) is 4.98 Å². The molecule has 1 atom stereocenters. The lowest BCUT2D eigenvalue weighted by Gasteiger charge is -2.25. The molecule has 2 aliphatic rings. The Kier molecular flexibility index (Phi) is 4.23. The standard InChI is InChI=1S/C19H26N4O2/c1-19(2,3)18-22-17(23-25-18)15-9-16(14(11-21-15)12-6-7-12)24-13-5-4-8-20-10-13/h9,11-13,20H,4-8,10H2,1-3H3. The lowest BCUT2D eigenvalue weighted by molar-refractivity contribution is 0.165. The fourth-order valence-electron chi connectivity index (χ4n) is 3.10. The summed E-state index contributed by atoms with van der Waals surface area (Å²) in [5, 5.41) is 7.52. The van der Waals surface area contributed by atoms with Crippen molar-refractivity contribution in [3.05, 3.63) is 23.7 Å². The third-order valence-corrected chi connectivity index (χ3v) is 4.75. The van der Waals surface area contributed by atoms with Gasteiger partial charge in [0.25, 0.3) is 0 Å². The molecule has 1 unspecified atom stereocenters. The number of hydrogen-bond acceptors (Lipinski definition) is 6. The van der Waals surface area contributed by atoms with Gasteiger partial charge in [0.15, 0.2) is 0 Å². The normalized spacial score (nSPS) is 21.3. The van der Waals surface area contributed by atoms with Crippen molar-refractivity contribution in [2.24, 2.45) is 0 Å². The Balaban J connectivity index is 1.62. The van der Waals surface area contributed by atoms with E-state index in [0.29, 0.717) is 23.3 Å². The van der Waals surface area contributed by atoms with Crippen molar-refractivity contribution in [1.29, 1.82) is 0 Å². The van der Waals surface area contributed by atoms with Gasteiger partial charge >= 0.3 is 0 Å². The van der Waals surface area contributed by atoms with E-state index in [1.54, 1.807) is 0 Å². The van der Waals surface area contributed by atoms with Crippen molar-refractivity contribution in [2.45, 2.75) is 63.9 Å². The summed E-state index contributed by atoms with van der Waals surface area (Å²) >= 11 is 0. The van der Waals surface area contributed by atoms with Crippen LogP contribution in [0, 0.1) is 0 Å². The second-order valence-electron chi connectivity index (χ2n) is 8.14. The number of nitrogens with one attached hydrogen (secondary N) is 1. The molecule has 0 radical (unpaired) electrons. The minimum absolute atomic E-state index is 0.174. The topological polar surface area (TPSA) is 73.1 Å². The van der Waals surface area contributed by atoms with E-state index < -0.39 is 0 Å². The summed E-state index contributed by atoms with van der Waals surface area (Å²) < 4.78 is 11.7. The molecular weight excluding hydrogens is 316 g/mol. The molecule has 6 heteroatoms. The van der Waals surface area contributed by atoms with Crippen LogP contribution in [0.4, 0.5) is 0 Å². The van der Waals surface area contributed by atoms with Crippen LogP contribution < -0.4 is 10.1 Å². The fourth-order valence-corrected chi connectivity index (χ4v) is 3.10. The largest absolute Gasteiger partial charge is 0.489 e. The van der Waals surface area contributed by atoms with Gasteiger partial charge in [-0.15, -0.1) is 0 Å². The Morgan fingerprint density at radius 1 is 1.24 bits per heavy atom. The maximum Gasteiger partial charge on any atom is 0.232 e. The molecule has 2 fully saturated rings. The van der Waals surface area contributed by atoms with Crippen LogP contribution in [0.3, 0.4) is 0 Å². The van der Waals surface area contributed by atoms with Crippen molar-refractivity contribution < 1.29 is 9.26 Å². The van der Waals surface area contributed by atoms with Gasteiger partial charge in [-0.05, 0) is 38.1 Å². The number of nitrogens with zero attached hydrogens (tertiary/aromatic N) is 3. The van der Waals surface area contributed by atoms with E-state index in [4.69, 9.17) is 9.26 Å². The maximum atomic E-state index is 6.34. The van der Waals surface area contributed by atoms with Gasteiger partial charge in [-0.1, -0.05) is 25.9 Å². The van der Waals surface area contributed by atoms with Crippen LogP contribution in [0.25, 0.3) is 11.5 Å². The van der Waals surface area contributed by atoms with Gasteiger partial charge in [0.2, 0.25) is 11.7 Å². The summed E-state index contributed by atoms with van der Waals surface area (Å²) in [6.07, 6.45) is 6.84. The molecule has 0 bridgehead atoms. The Hall–Kier alpha value is -1.95. The molecule has 1 saturated heterocycles. The monoisotopic (exact) mass is 342 g/mol. The van der Waals surface area contributed by atoms with E-state index in [9.17, 15) is 0 Å². The lowest BCUT2D eigenvalue weighted by Crippen LogP contribution is -2.37. The summed E-state index contributed by atoms with van der Waals surface area (Å²) in [7, 11) is 0. The van der Waals surface area contributed by atoms with E-state index in [2.05, 4.69) is 41.2 Å².